The minimum atomic E-state index is -0.390. The molecule has 0 radical (unpaired) electrons. The minimum absolute atomic E-state index is 0.379. The fourth-order valence-corrected chi connectivity index (χ4v) is 3.65. The van der Waals surface area contributed by atoms with E-state index in [9.17, 15) is 5.26 Å². The zero-order chi connectivity index (χ0) is 17.4. The van der Waals surface area contributed by atoms with Crippen molar-refractivity contribution in [2.24, 2.45) is 10.7 Å². The fourth-order valence-electron chi connectivity index (χ4n) is 3.22. The lowest BCUT2D eigenvalue weighted by molar-refractivity contribution is 0.816. The van der Waals surface area contributed by atoms with Crippen molar-refractivity contribution < 1.29 is 0 Å². The van der Waals surface area contributed by atoms with E-state index in [-0.39, 0.29) is 0 Å². The van der Waals surface area contributed by atoms with Gasteiger partial charge in [0.15, 0.2) is 5.17 Å². The van der Waals surface area contributed by atoms with Gasteiger partial charge in [-0.05, 0) is 45.5 Å². The topological polar surface area (TPSA) is 74.2 Å². The predicted molar refractivity (Wildman–Crippen MR) is 105 cm³/mol. The molecule has 3 N–H and O–H groups in total. The molecule has 0 aliphatic carbocycles. The Kier molecular flexibility index (Phi) is 3.83. The Morgan fingerprint density at radius 1 is 1.08 bits per heavy atom. The monoisotopic (exact) mass is 344 g/mol. The molecule has 0 bridgehead atoms. The molecule has 0 amide bonds. The zero-order valence-corrected chi connectivity index (χ0v) is 14.5. The summed E-state index contributed by atoms with van der Waals surface area (Å²) < 4.78 is 0. The van der Waals surface area contributed by atoms with E-state index in [2.05, 4.69) is 41.7 Å². The zero-order valence-electron chi connectivity index (χ0n) is 13.7. The highest BCUT2D eigenvalue weighted by Gasteiger charge is 2.26. The van der Waals surface area contributed by atoms with E-state index >= 15 is 0 Å². The third-order valence-corrected chi connectivity index (χ3v) is 5.03. The third kappa shape index (κ3) is 2.61. The lowest BCUT2D eigenvalue weighted by Crippen LogP contribution is -2.32. The Labute approximate surface area is 150 Å². The number of rotatable bonds is 1. The molecule has 25 heavy (non-hydrogen) atoms. The second kappa shape index (κ2) is 6.15. The largest absolute Gasteiger partial charge is 0.384 e. The van der Waals surface area contributed by atoms with Crippen molar-refractivity contribution in [3.8, 4) is 6.07 Å². The summed E-state index contributed by atoms with van der Waals surface area (Å²) in [6, 6.07) is 20.6. The van der Waals surface area contributed by atoms with Gasteiger partial charge in [0, 0.05) is 0 Å². The van der Waals surface area contributed by atoms with Gasteiger partial charge in [-0.2, -0.15) is 5.26 Å². The highest BCUT2D eigenvalue weighted by Crippen LogP contribution is 2.36. The van der Waals surface area contributed by atoms with Crippen molar-refractivity contribution in [1.29, 1.82) is 5.26 Å². The summed E-state index contributed by atoms with van der Waals surface area (Å²) in [6.07, 6.45) is 1.93. The Morgan fingerprint density at radius 2 is 1.80 bits per heavy atom. The number of benzene rings is 3. The summed E-state index contributed by atoms with van der Waals surface area (Å²) in [6.45, 7) is 0. The second-order valence-electron chi connectivity index (χ2n) is 5.87. The van der Waals surface area contributed by atoms with Gasteiger partial charge < -0.3 is 11.1 Å². The van der Waals surface area contributed by atoms with Crippen molar-refractivity contribution in [2.75, 3.05) is 6.26 Å². The van der Waals surface area contributed by atoms with Crippen LogP contribution in [0.2, 0.25) is 0 Å². The van der Waals surface area contributed by atoms with E-state index in [4.69, 9.17) is 10.7 Å². The van der Waals surface area contributed by atoms with Gasteiger partial charge in [0.25, 0.3) is 0 Å². The number of hydrogen-bond donors (Lipinski definition) is 2. The molecule has 1 aliphatic heterocycles. The van der Waals surface area contributed by atoms with Gasteiger partial charge in [-0.25, -0.2) is 4.99 Å². The molecular weight excluding hydrogens is 328 g/mol. The van der Waals surface area contributed by atoms with Gasteiger partial charge in [0.2, 0.25) is 0 Å². The van der Waals surface area contributed by atoms with Crippen LogP contribution in [0.3, 0.4) is 0 Å². The van der Waals surface area contributed by atoms with Crippen LogP contribution in [0.1, 0.15) is 11.6 Å². The maximum atomic E-state index is 9.59. The number of nitrogens with one attached hydrogen (secondary N) is 1. The van der Waals surface area contributed by atoms with Gasteiger partial charge in [-0.1, -0.05) is 54.2 Å². The lowest BCUT2D eigenvalue weighted by Gasteiger charge is -2.23. The molecule has 3 aromatic rings. The van der Waals surface area contributed by atoms with Gasteiger partial charge >= 0.3 is 0 Å². The molecule has 0 saturated carbocycles. The molecule has 122 valence electrons. The summed E-state index contributed by atoms with van der Waals surface area (Å²) in [5.41, 5.74) is 7.52. The molecule has 4 rings (SSSR count). The molecule has 5 heteroatoms. The Balaban J connectivity index is 1.99. The number of aliphatic imine (C=N–C) groups is 1. The van der Waals surface area contributed by atoms with Crippen LogP contribution in [0, 0.1) is 11.3 Å². The molecule has 1 unspecified atom stereocenters. The summed E-state index contributed by atoms with van der Waals surface area (Å²) >= 11 is 1.48. The van der Waals surface area contributed by atoms with Gasteiger partial charge in [0.05, 0.1) is 5.57 Å². The number of nitrogens with two attached hydrogens (primary N) is 1. The van der Waals surface area contributed by atoms with Crippen molar-refractivity contribution in [3.63, 3.8) is 0 Å². The molecule has 3 aromatic carbocycles. The number of thioether (sulfide) groups is 1. The van der Waals surface area contributed by atoms with E-state index in [1.807, 2.05) is 30.5 Å². The van der Waals surface area contributed by atoms with Crippen LogP contribution >= 0.6 is 11.8 Å². The van der Waals surface area contributed by atoms with Crippen LogP contribution in [0.25, 0.3) is 21.5 Å². The number of nitriles is 1. The minimum Gasteiger partial charge on any atom is -0.384 e. The van der Waals surface area contributed by atoms with Crippen molar-refractivity contribution in [1.82, 2.24) is 5.32 Å². The highest BCUT2D eigenvalue weighted by atomic mass is 32.2. The average Bonchev–Trinajstić information content (AvgIpc) is 2.65. The summed E-state index contributed by atoms with van der Waals surface area (Å²) in [5.74, 6) is 0.379. The molecular formula is C20H16N4S. The van der Waals surface area contributed by atoms with E-state index in [1.165, 1.54) is 22.5 Å². The first kappa shape index (κ1) is 15.6. The second-order valence-corrected chi connectivity index (χ2v) is 6.67. The van der Waals surface area contributed by atoms with E-state index in [1.54, 1.807) is 0 Å². The summed E-state index contributed by atoms with van der Waals surface area (Å²) in [4.78, 5) is 4.71. The van der Waals surface area contributed by atoms with Crippen molar-refractivity contribution in [2.45, 2.75) is 6.04 Å². The quantitative estimate of drug-likeness (QED) is 0.653. The Bertz CT molecular complexity index is 1090. The van der Waals surface area contributed by atoms with Crippen LogP contribution in [0.4, 0.5) is 0 Å². The van der Waals surface area contributed by atoms with Crippen LogP contribution in [0.15, 0.2) is 71.0 Å². The Hall–Kier alpha value is -2.97. The molecule has 1 atom stereocenters. The number of nitrogens with zero attached hydrogens (tertiary/aromatic N) is 2. The SMILES string of the molecule is CSC1=NC(c2cccc3cc4ccccc4cc23)C(C#N)=C(N)N1. The van der Waals surface area contributed by atoms with E-state index in [0.717, 1.165) is 21.5 Å². The number of fused-ring (bicyclic) bond motifs is 2. The Morgan fingerprint density at radius 3 is 2.52 bits per heavy atom. The first-order valence-electron chi connectivity index (χ1n) is 7.91. The summed E-state index contributed by atoms with van der Waals surface area (Å²) in [7, 11) is 0. The van der Waals surface area contributed by atoms with Crippen LogP contribution in [-0.4, -0.2) is 11.4 Å². The third-order valence-electron chi connectivity index (χ3n) is 4.44. The molecule has 0 fully saturated rings. The molecule has 1 aliphatic rings. The average molecular weight is 344 g/mol. The normalized spacial score (nSPS) is 17.3. The lowest BCUT2D eigenvalue weighted by atomic mass is 9.92. The highest BCUT2D eigenvalue weighted by molar-refractivity contribution is 8.13. The summed E-state index contributed by atoms with van der Waals surface area (Å²) in [5, 5.41) is 17.9. The van der Waals surface area contributed by atoms with Crippen LogP contribution in [-0.2, 0) is 0 Å². The molecule has 0 aromatic heterocycles. The maximum absolute atomic E-state index is 9.59. The fraction of sp³-hybridized carbons (Fsp3) is 0.100. The maximum Gasteiger partial charge on any atom is 0.162 e. The van der Waals surface area contributed by atoms with Crippen molar-refractivity contribution in [3.05, 3.63) is 71.6 Å². The first-order valence-corrected chi connectivity index (χ1v) is 9.13. The van der Waals surface area contributed by atoms with Crippen molar-refractivity contribution >= 4 is 38.5 Å². The van der Waals surface area contributed by atoms with Crippen LogP contribution < -0.4 is 11.1 Å². The van der Waals surface area contributed by atoms with E-state index in [0.29, 0.717) is 11.4 Å². The van der Waals surface area contributed by atoms with Gasteiger partial charge in [-0.15, -0.1) is 0 Å². The first-order chi connectivity index (χ1) is 12.2. The van der Waals surface area contributed by atoms with Crippen LogP contribution in [0.5, 0.6) is 0 Å². The number of hydrogen-bond acceptors (Lipinski definition) is 5. The van der Waals surface area contributed by atoms with Gasteiger partial charge in [0.1, 0.15) is 17.9 Å². The standard InChI is InChI=1S/C20H16N4S/c1-25-20-23-18(17(11-21)19(22)24-20)15-8-4-7-14-9-12-5-2-3-6-13(12)10-16(14)15/h2-10,18H,22H2,1H3,(H,23,24). The van der Waals surface area contributed by atoms with Gasteiger partial charge in [-0.3, -0.25) is 0 Å². The van der Waals surface area contributed by atoms with E-state index < -0.39 is 6.04 Å². The number of amidine groups is 1. The molecule has 1 heterocycles. The molecule has 4 nitrogen and oxygen atoms in total. The smallest absolute Gasteiger partial charge is 0.162 e. The molecule has 0 spiro atoms. The predicted octanol–water partition coefficient (Wildman–Crippen LogP) is 4.05. The molecule has 0 saturated heterocycles.